The normalized spacial score (nSPS) is 17.8. The Hall–Kier alpha value is -3.98. The lowest BCUT2D eigenvalue weighted by Gasteiger charge is -2.22. The molecule has 164 valence electrons. The molecule has 2 N–H and O–H groups in total. The smallest absolute Gasteiger partial charge is 0.245 e. The highest BCUT2D eigenvalue weighted by Gasteiger charge is 2.35. The highest BCUT2D eigenvalue weighted by Crippen LogP contribution is 2.36. The monoisotopic (exact) mass is 432 g/mol. The third kappa shape index (κ3) is 4.10. The summed E-state index contributed by atoms with van der Waals surface area (Å²) >= 11 is 0. The summed E-state index contributed by atoms with van der Waals surface area (Å²) in [5, 5.41) is 25.1. The minimum atomic E-state index is -0.628. The zero-order valence-electron chi connectivity index (χ0n) is 17.9. The lowest BCUT2D eigenvalue weighted by Crippen LogP contribution is -2.44. The minimum absolute atomic E-state index is 0.0376. The van der Waals surface area contributed by atoms with Crippen LogP contribution >= 0.6 is 0 Å². The van der Waals surface area contributed by atoms with Gasteiger partial charge in [0.1, 0.15) is 24.0 Å². The van der Waals surface area contributed by atoms with Crippen LogP contribution in [-0.4, -0.2) is 53.8 Å². The van der Waals surface area contributed by atoms with Crippen LogP contribution in [0.3, 0.4) is 0 Å². The SMILES string of the molecule is Cc1cc2coccc-2c1NC(N[C@H]1CCN(CC(=O)N2CCCC2)C1=O)=C(C#N)C#N. The Bertz CT molecular complexity index is 1100. The summed E-state index contributed by atoms with van der Waals surface area (Å²) in [6, 6.07) is 6.89. The molecule has 32 heavy (non-hydrogen) atoms. The number of nitrogens with one attached hydrogen (secondary N) is 2. The summed E-state index contributed by atoms with van der Waals surface area (Å²) in [5.74, 6) is -0.0724. The van der Waals surface area contributed by atoms with Gasteiger partial charge in [0.2, 0.25) is 11.8 Å². The molecular formula is C23H24N6O3. The van der Waals surface area contributed by atoms with E-state index >= 15 is 0 Å². The fourth-order valence-corrected chi connectivity index (χ4v) is 4.27. The van der Waals surface area contributed by atoms with E-state index < -0.39 is 6.04 Å². The molecule has 2 saturated heterocycles. The van der Waals surface area contributed by atoms with Crippen molar-refractivity contribution >= 4 is 17.5 Å². The third-order valence-corrected chi connectivity index (χ3v) is 5.98. The average Bonchev–Trinajstić information content (AvgIpc) is 3.51. The maximum absolute atomic E-state index is 12.9. The first-order chi connectivity index (χ1) is 15.5. The van der Waals surface area contributed by atoms with Crippen LogP contribution in [0.15, 0.2) is 40.5 Å². The van der Waals surface area contributed by atoms with Gasteiger partial charge in [0.25, 0.3) is 0 Å². The molecule has 4 rings (SSSR count). The Kier molecular flexibility index (Phi) is 6.00. The number of allylic oxidation sites excluding steroid dienone is 1. The van der Waals surface area contributed by atoms with Gasteiger partial charge < -0.3 is 24.9 Å². The molecule has 0 saturated carbocycles. The fraction of sp³-hybridized carbons (Fsp3) is 0.391. The Balaban J connectivity index is 1.50. The van der Waals surface area contributed by atoms with E-state index in [1.165, 1.54) is 0 Å². The van der Waals surface area contributed by atoms with Gasteiger partial charge in [0, 0.05) is 30.8 Å². The van der Waals surface area contributed by atoms with E-state index in [0.29, 0.717) is 13.0 Å². The first-order valence-electron chi connectivity index (χ1n) is 10.6. The standard InChI is InChI=1S/C23H24N6O3/c1-15-10-16-14-32-9-5-18(16)21(15)27-22(17(11-24)12-25)26-19-4-8-29(23(19)31)13-20(30)28-6-2-3-7-28/h5,9-10,14,19,26-27H,2-4,6-8,13H2,1H3/t19-/m0/s1. The number of anilines is 1. The average molecular weight is 432 g/mol. The number of nitrogens with zero attached hydrogens (tertiary/aromatic N) is 4. The second-order valence-corrected chi connectivity index (χ2v) is 8.06. The van der Waals surface area contributed by atoms with Crippen molar-refractivity contribution in [2.45, 2.75) is 32.2 Å². The molecule has 0 aromatic carbocycles. The van der Waals surface area contributed by atoms with Crippen molar-refractivity contribution in [2.75, 3.05) is 31.5 Å². The van der Waals surface area contributed by atoms with Crippen molar-refractivity contribution in [2.24, 2.45) is 0 Å². The van der Waals surface area contributed by atoms with Crippen LogP contribution in [0.4, 0.5) is 5.69 Å². The molecule has 1 atom stereocenters. The van der Waals surface area contributed by atoms with Crippen molar-refractivity contribution in [1.82, 2.24) is 15.1 Å². The van der Waals surface area contributed by atoms with Crippen molar-refractivity contribution in [3.63, 3.8) is 0 Å². The Morgan fingerprint density at radius 2 is 2.00 bits per heavy atom. The predicted molar refractivity (Wildman–Crippen MR) is 116 cm³/mol. The van der Waals surface area contributed by atoms with E-state index in [1.54, 1.807) is 28.4 Å². The highest BCUT2D eigenvalue weighted by atomic mass is 16.3. The molecule has 2 fully saturated rings. The van der Waals surface area contributed by atoms with Gasteiger partial charge in [0.05, 0.1) is 24.8 Å². The summed E-state index contributed by atoms with van der Waals surface area (Å²) in [4.78, 5) is 28.7. The second kappa shape index (κ2) is 9.03. The number of rotatable bonds is 6. The van der Waals surface area contributed by atoms with Gasteiger partial charge in [0.15, 0.2) is 5.57 Å². The summed E-state index contributed by atoms with van der Waals surface area (Å²) in [6.45, 7) is 3.89. The van der Waals surface area contributed by atoms with E-state index in [9.17, 15) is 20.1 Å². The summed E-state index contributed by atoms with van der Waals surface area (Å²) in [5.41, 5.74) is 3.24. The fourth-order valence-electron chi connectivity index (χ4n) is 4.27. The van der Waals surface area contributed by atoms with E-state index in [4.69, 9.17) is 4.42 Å². The van der Waals surface area contributed by atoms with Gasteiger partial charge in [-0.25, -0.2) is 0 Å². The van der Waals surface area contributed by atoms with Gasteiger partial charge in [-0.3, -0.25) is 9.59 Å². The minimum Gasteiger partial charge on any atom is -0.472 e. The van der Waals surface area contributed by atoms with E-state index in [1.807, 2.05) is 25.1 Å². The third-order valence-electron chi connectivity index (χ3n) is 5.98. The van der Waals surface area contributed by atoms with Gasteiger partial charge >= 0.3 is 0 Å². The van der Waals surface area contributed by atoms with Gasteiger partial charge in [-0.1, -0.05) is 0 Å². The summed E-state index contributed by atoms with van der Waals surface area (Å²) in [6.07, 6.45) is 5.64. The van der Waals surface area contributed by atoms with E-state index in [2.05, 4.69) is 10.6 Å². The number of hydrogen-bond acceptors (Lipinski definition) is 7. The molecule has 9 heteroatoms. The lowest BCUT2D eigenvalue weighted by molar-refractivity contribution is -0.138. The summed E-state index contributed by atoms with van der Waals surface area (Å²) in [7, 11) is 0. The Morgan fingerprint density at radius 1 is 1.25 bits per heavy atom. The molecule has 3 heterocycles. The molecule has 0 unspecified atom stereocenters. The number of fused-ring (bicyclic) bond motifs is 1. The second-order valence-electron chi connectivity index (χ2n) is 8.06. The maximum Gasteiger partial charge on any atom is 0.245 e. The maximum atomic E-state index is 12.9. The highest BCUT2D eigenvalue weighted by molar-refractivity contribution is 5.90. The van der Waals surface area contributed by atoms with Crippen LogP contribution in [0.1, 0.15) is 24.8 Å². The van der Waals surface area contributed by atoms with Gasteiger partial charge in [-0.2, -0.15) is 10.5 Å². The molecular weight excluding hydrogens is 408 g/mol. The van der Waals surface area contributed by atoms with Crippen molar-refractivity contribution in [3.8, 4) is 23.3 Å². The van der Waals surface area contributed by atoms with Crippen LogP contribution in [-0.2, 0) is 9.59 Å². The molecule has 0 aromatic heterocycles. The van der Waals surface area contributed by atoms with Crippen LogP contribution in [0.5, 0.6) is 0 Å². The van der Waals surface area contributed by atoms with Crippen molar-refractivity contribution in [1.29, 1.82) is 10.5 Å². The quantitative estimate of drug-likeness (QED) is 0.670. The molecule has 0 bridgehead atoms. The van der Waals surface area contributed by atoms with Crippen LogP contribution in [0.2, 0.25) is 0 Å². The summed E-state index contributed by atoms with van der Waals surface area (Å²) < 4.78 is 5.21. The van der Waals surface area contributed by atoms with E-state index in [-0.39, 0.29) is 29.8 Å². The molecule has 4 aliphatic rings. The van der Waals surface area contributed by atoms with Crippen LogP contribution in [0.25, 0.3) is 11.1 Å². The molecule has 0 aromatic rings. The lowest BCUT2D eigenvalue weighted by atomic mass is 10.1. The van der Waals surface area contributed by atoms with Crippen molar-refractivity contribution < 1.29 is 14.0 Å². The van der Waals surface area contributed by atoms with E-state index in [0.717, 1.165) is 48.3 Å². The molecule has 0 radical (unpaired) electrons. The van der Waals surface area contributed by atoms with Gasteiger partial charge in [-0.05, 0) is 43.9 Å². The zero-order valence-corrected chi connectivity index (χ0v) is 17.9. The molecule has 1 aliphatic carbocycles. The molecule has 0 spiro atoms. The molecule has 2 amide bonds. The number of hydrogen-bond donors (Lipinski definition) is 2. The Morgan fingerprint density at radius 3 is 2.72 bits per heavy atom. The Labute approximate surface area is 186 Å². The first kappa shape index (κ1) is 21.3. The first-order valence-corrected chi connectivity index (χ1v) is 10.6. The van der Waals surface area contributed by atoms with Crippen LogP contribution < -0.4 is 10.6 Å². The van der Waals surface area contributed by atoms with Crippen molar-refractivity contribution in [3.05, 3.63) is 41.6 Å². The number of aryl methyl sites for hydroxylation is 1. The largest absolute Gasteiger partial charge is 0.472 e. The number of amides is 2. The number of carbonyl (C=O) groups excluding carboxylic acids is 2. The predicted octanol–water partition coefficient (Wildman–Crippen LogP) is 2.18. The van der Waals surface area contributed by atoms with Gasteiger partial charge in [-0.15, -0.1) is 0 Å². The number of carbonyl (C=O) groups is 2. The topological polar surface area (TPSA) is 125 Å². The zero-order chi connectivity index (χ0) is 22.7. The number of likely N-dealkylation sites (tertiary alicyclic amines) is 2. The molecule has 9 nitrogen and oxygen atoms in total. The van der Waals surface area contributed by atoms with Crippen LogP contribution in [0, 0.1) is 29.6 Å². The number of nitriles is 2. The molecule has 3 aliphatic heterocycles.